The number of carbonyl (C=O) groups excluding carboxylic acids is 1. The second-order valence-electron chi connectivity index (χ2n) is 11.3. The van der Waals surface area contributed by atoms with Crippen LogP contribution in [0.15, 0.2) is 29.3 Å². The molecular formula is C28H27ClF3N5OS. The monoisotopic (exact) mass is 573 g/mol. The molecule has 3 heterocycles. The van der Waals surface area contributed by atoms with Crippen LogP contribution in [-0.2, 0) is 23.2 Å². The van der Waals surface area contributed by atoms with E-state index in [1.54, 1.807) is 11.3 Å². The Morgan fingerprint density at radius 2 is 1.87 bits per heavy atom. The smallest absolute Gasteiger partial charge is 0.353 e. The lowest BCUT2D eigenvalue weighted by Gasteiger charge is -2.30. The van der Waals surface area contributed by atoms with Crippen molar-refractivity contribution in [1.29, 1.82) is 0 Å². The predicted molar refractivity (Wildman–Crippen MR) is 143 cm³/mol. The first-order valence-electron chi connectivity index (χ1n) is 13.4. The number of hydrogen-bond donors (Lipinski definition) is 1. The lowest BCUT2D eigenvalue weighted by atomic mass is 9.85. The number of amides is 1. The quantitative estimate of drug-likeness (QED) is 0.413. The van der Waals surface area contributed by atoms with Crippen molar-refractivity contribution in [2.24, 2.45) is 16.8 Å². The third-order valence-corrected chi connectivity index (χ3v) is 10.3. The van der Waals surface area contributed by atoms with Crippen LogP contribution in [0.5, 0.6) is 0 Å². The topological polar surface area (TPSA) is 72.2 Å². The van der Waals surface area contributed by atoms with Gasteiger partial charge in [-0.05, 0) is 69.9 Å². The van der Waals surface area contributed by atoms with Gasteiger partial charge < -0.3 is 5.32 Å². The van der Waals surface area contributed by atoms with E-state index < -0.39 is 17.6 Å². The van der Waals surface area contributed by atoms with E-state index in [1.807, 2.05) is 31.2 Å². The number of hydrogen-bond acceptors (Lipinski definition) is 5. The lowest BCUT2D eigenvalue weighted by molar-refractivity contribution is -0.182. The van der Waals surface area contributed by atoms with Gasteiger partial charge in [0.15, 0.2) is 5.82 Å². The maximum absolute atomic E-state index is 13.3. The largest absolute Gasteiger partial charge is 0.391 e. The number of aliphatic imine (C=N–C) groups is 1. The van der Waals surface area contributed by atoms with Gasteiger partial charge in [0.2, 0.25) is 5.91 Å². The van der Waals surface area contributed by atoms with Gasteiger partial charge >= 0.3 is 6.18 Å². The minimum atomic E-state index is -4.16. The van der Waals surface area contributed by atoms with Crippen molar-refractivity contribution in [3.63, 3.8) is 0 Å². The van der Waals surface area contributed by atoms with Crippen LogP contribution < -0.4 is 5.32 Å². The zero-order valence-corrected chi connectivity index (χ0v) is 22.9. The standard InChI is InChI=1S/C28H27ClF3N5OS/c1-14-35-36-26-27(10-11-27)34-23(18-4-2-3-5-20(18)29)22-19-12-15(13-21(19)39-25(22)37(14)26)24(38)33-17-8-6-16(7-9-17)28(30,31)32/h2-5,15-17H,6-13H2,1H3,(H,33,38)/t15-,16-,17-/m0/s1. The molecule has 1 aliphatic heterocycles. The fourth-order valence-electron chi connectivity index (χ4n) is 6.42. The molecule has 1 atom stereocenters. The zero-order valence-electron chi connectivity index (χ0n) is 21.3. The number of aromatic nitrogens is 3. The Morgan fingerprint density at radius 1 is 1.13 bits per heavy atom. The second kappa shape index (κ2) is 8.89. The van der Waals surface area contributed by atoms with E-state index in [0.29, 0.717) is 30.7 Å². The molecule has 3 aromatic rings. The Kier molecular flexibility index (Phi) is 5.76. The van der Waals surface area contributed by atoms with E-state index in [0.717, 1.165) is 56.8 Å². The van der Waals surface area contributed by atoms with Crippen molar-refractivity contribution in [3.05, 3.63) is 62.5 Å². The molecule has 0 saturated heterocycles. The first kappa shape index (κ1) is 25.3. The summed E-state index contributed by atoms with van der Waals surface area (Å²) in [4.78, 5) is 19.8. The highest BCUT2D eigenvalue weighted by atomic mass is 35.5. The molecule has 1 aromatic carbocycles. The van der Waals surface area contributed by atoms with Crippen LogP contribution in [-0.4, -0.2) is 38.6 Å². The molecule has 3 aliphatic carbocycles. The Hall–Kier alpha value is -2.72. The van der Waals surface area contributed by atoms with Crippen LogP contribution >= 0.6 is 22.9 Å². The summed E-state index contributed by atoms with van der Waals surface area (Å²) >= 11 is 8.36. The predicted octanol–water partition coefficient (Wildman–Crippen LogP) is 6.08. The molecule has 0 unspecified atom stereocenters. The molecule has 2 saturated carbocycles. The van der Waals surface area contributed by atoms with Gasteiger partial charge in [0.05, 0.1) is 11.6 Å². The highest BCUT2D eigenvalue weighted by molar-refractivity contribution is 7.15. The lowest BCUT2D eigenvalue weighted by Crippen LogP contribution is -2.42. The Balaban J connectivity index is 1.21. The Labute approximate surface area is 232 Å². The van der Waals surface area contributed by atoms with Gasteiger partial charge in [-0.3, -0.25) is 14.4 Å². The van der Waals surface area contributed by atoms with E-state index in [9.17, 15) is 18.0 Å². The van der Waals surface area contributed by atoms with Crippen molar-refractivity contribution >= 4 is 34.6 Å². The molecule has 2 aromatic heterocycles. The normalized spacial score (nSPS) is 24.9. The summed E-state index contributed by atoms with van der Waals surface area (Å²) in [5, 5.41) is 13.6. The fraction of sp³-hybridized carbons (Fsp3) is 0.500. The molecule has 11 heteroatoms. The van der Waals surface area contributed by atoms with Crippen LogP contribution in [0.3, 0.4) is 0 Å². The number of alkyl halides is 3. The zero-order chi connectivity index (χ0) is 27.1. The third-order valence-electron chi connectivity index (χ3n) is 8.72. The highest BCUT2D eigenvalue weighted by Gasteiger charge is 2.52. The summed E-state index contributed by atoms with van der Waals surface area (Å²) in [5.74, 6) is 0.0583. The van der Waals surface area contributed by atoms with E-state index >= 15 is 0 Å². The molecular weight excluding hydrogens is 547 g/mol. The van der Waals surface area contributed by atoms with E-state index in [1.165, 1.54) is 0 Å². The molecule has 204 valence electrons. The van der Waals surface area contributed by atoms with Crippen LogP contribution in [0, 0.1) is 18.8 Å². The number of thiophene rings is 1. The number of benzene rings is 1. The van der Waals surface area contributed by atoms with Gasteiger partial charge in [-0.2, -0.15) is 13.2 Å². The van der Waals surface area contributed by atoms with Crippen LogP contribution in [0.4, 0.5) is 13.2 Å². The number of carbonyl (C=O) groups is 1. The SMILES string of the molecule is Cc1nnc2n1-c1sc3c(c1C(c1ccccc1Cl)=NC21CC1)C[C@H](C(=O)N[C@H]1CC[C@H](C(F)(F)F)CC1)C3. The number of nitrogens with zero attached hydrogens (tertiary/aromatic N) is 4. The van der Waals surface area contributed by atoms with Gasteiger partial charge in [0.1, 0.15) is 16.4 Å². The maximum Gasteiger partial charge on any atom is 0.391 e. The molecule has 39 heavy (non-hydrogen) atoms. The minimum Gasteiger partial charge on any atom is -0.353 e. The minimum absolute atomic E-state index is 0.0694. The Morgan fingerprint density at radius 3 is 2.56 bits per heavy atom. The summed E-state index contributed by atoms with van der Waals surface area (Å²) in [6.45, 7) is 1.95. The van der Waals surface area contributed by atoms with Gasteiger partial charge in [-0.1, -0.05) is 29.8 Å². The van der Waals surface area contributed by atoms with Gasteiger partial charge in [-0.25, -0.2) is 0 Å². The molecule has 6 nitrogen and oxygen atoms in total. The number of nitrogens with one attached hydrogen (secondary N) is 1. The summed E-state index contributed by atoms with van der Waals surface area (Å²) in [6, 6.07) is 7.50. The average molecular weight is 574 g/mol. The Bertz CT molecular complexity index is 1510. The van der Waals surface area contributed by atoms with Gasteiger partial charge in [-0.15, -0.1) is 21.5 Å². The van der Waals surface area contributed by atoms with Gasteiger partial charge in [0, 0.05) is 33.0 Å². The third kappa shape index (κ3) is 4.13. The van der Waals surface area contributed by atoms with Gasteiger partial charge in [0.25, 0.3) is 0 Å². The number of aryl methyl sites for hydroxylation is 1. The van der Waals surface area contributed by atoms with Crippen molar-refractivity contribution in [3.8, 4) is 5.00 Å². The first-order chi connectivity index (χ1) is 18.6. The van der Waals surface area contributed by atoms with Crippen molar-refractivity contribution in [1.82, 2.24) is 20.1 Å². The molecule has 0 radical (unpaired) electrons. The summed E-state index contributed by atoms with van der Waals surface area (Å²) < 4.78 is 41.4. The van der Waals surface area contributed by atoms with E-state index in [-0.39, 0.29) is 30.7 Å². The molecule has 1 amide bonds. The number of fused-ring (bicyclic) bond motifs is 6. The molecule has 4 aliphatic rings. The average Bonchev–Trinajstić information content (AvgIpc) is 3.23. The van der Waals surface area contributed by atoms with Crippen molar-refractivity contribution in [2.45, 2.75) is 76.0 Å². The molecule has 1 N–H and O–H groups in total. The van der Waals surface area contributed by atoms with Crippen LogP contribution in [0.25, 0.3) is 5.00 Å². The van der Waals surface area contributed by atoms with Crippen LogP contribution in [0.2, 0.25) is 5.02 Å². The first-order valence-corrected chi connectivity index (χ1v) is 14.6. The second-order valence-corrected chi connectivity index (χ2v) is 12.8. The fourth-order valence-corrected chi connectivity index (χ4v) is 8.10. The van der Waals surface area contributed by atoms with E-state index in [4.69, 9.17) is 16.6 Å². The number of rotatable bonds is 3. The summed E-state index contributed by atoms with van der Waals surface area (Å²) in [6.07, 6.45) is -0.376. The van der Waals surface area contributed by atoms with E-state index in [2.05, 4.69) is 20.1 Å². The van der Waals surface area contributed by atoms with Crippen molar-refractivity contribution in [2.75, 3.05) is 0 Å². The summed E-state index contributed by atoms with van der Waals surface area (Å²) in [7, 11) is 0. The molecule has 1 spiro atoms. The maximum atomic E-state index is 13.3. The molecule has 0 bridgehead atoms. The number of halogens is 4. The molecule has 2 fully saturated rings. The summed E-state index contributed by atoms with van der Waals surface area (Å²) in [5.41, 5.74) is 3.37. The van der Waals surface area contributed by atoms with Crippen molar-refractivity contribution < 1.29 is 18.0 Å². The van der Waals surface area contributed by atoms with Crippen LogP contribution in [0.1, 0.15) is 71.7 Å². The molecule has 7 rings (SSSR count). The highest BCUT2D eigenvalue weighted by Crippen LogP contribution is 2.54.